The number of aromatic nitrogens is 1. The van der Waals surface area contributed by atoms with E-state index in [1.807, 2.05) is 86.6 Å². The zero-order valence-electron chi connectivity index (χ0n) is 15.5. The average Bonchev–Trinajstić information content (AvgIpc) is 2.69. The molecule has 0 fully saturated rings. The third kappa shape index (κ3) is 3.49. The highest BCUT2D eigenvalue weighted by molar-refractivity contribution is 7.99. The molecule has 0 N–H and O–H groups in total. The fraction of sp³-hybridized carbons (Fsp3) is 0.0870. The molecular weight excluding hydrogens is 368 g/mol. The van der Waals surface area contributed by atoms with Crippen LogP contribution in [0.25, 0.3) is 22.0 Å². The highest BCUT2D eigenvalue weighted by atomic mass is 32.2. The molecule has 1 aromatic heterocycles. The molecule has 138 valence electrons. The molecule has 4 rings (SSSR count). The first-order valence-corrected chi connectivity index (χ1v) is 9.73. The van der Waals surface area contributed by atoms with Crippen molar-refractivity contribution in [2.75, 3.05) is 0 Å². The van der Waals surface area contributed by atoms with Gasteiger partial charge in [-0.1, -0.05) is 71.4 Å². The van der Waals surface area contributed by atoms with Crippen LogP contribution < -0.4 is 0 Å². The lowest BCUT2D eigenvalue weighted by Crippen LogP contribution is -1.99. The molecule has 5 heteroatoms. The third-order valence-corrected chi connectivity index (χ3v) is 5.58. The van der Waals surface area contributed by atoms with E-state index in [-0.39, 0.29) is 10.6 Å². The van der Waals surface area contributed by atoms with Crippen LogP contribution in [0.5, 0.6) is 0 Å². The lowest BCUT2D eigenvalue weighted by atomic mass is 10.0. The number of rotatable bonds is 4. The van der Waals surface area contributed by atoms with Crippen molar-refractivity contribution in [3.05, 3.63) is 94.0 Å². The minimum absolute atomic E-state index is 0.0521. The summed E-state index contributed by atoms with van der Waals surface area (Å²) in [6.45, 7) is 3.97. The van der Waals surface area contributed by atoms with Crippen molar-refractivity contribution in [1.82, 2.24) is 4.98 Å². The Morgan fingerprint density at radius 1 is 0.857 bits per heavy atom. The Labute approximate surface area is 167 Å². The van der Waals surface area contributed by atoms with Crippen molar-refractivity contribution in [3.63, 3.8) is 0 Å². The number of nitro groups is 1. The Morgan fingerprint density at radius 3 is 2.21 bits per heavy atom. The van der Waals surface area contributed by atoms with Crippen LogP contribution in [-0.4, -0.2) is 9.91 Å². The van der Waals surface area contributed by atoms with Crippen LogP contribution in [0.15, 0.2) is 82.7 Å². The van der Waals surface area contributed by atoms with Crippen LogP contribution in [0.3, 0.4) is 0 Å². The van der Waals surface area contributed by atoms with E-state index in [0.29, 0.717) is 11.1 Å². The number of fused-ring (bicyclic) bond motifs is 1. The molecule has 0 atom stereocenters. The van der Waals surface area contributed by atoms with Gasteiger partial charge in [-0.15, -0.1) is 0 Å². The van der Waals surface area contributed by atoms with Gasteiger partial charge in [0.1, 0.15) is 10.7 Å². The van der Waals surface area contributed by atoms with E-state index >= 15 is 0 Å². The fourth-order valence-electron chi connectivity index (χ4n) is 3.16. The number of hydrogen-bond acceptors (Lipinski definition) is 4. The molecule has 0 amide bonds. The van der Waals surface area contributed by atoms with Crippen LogP contribution in [0.4, 0.5) is 5.69 Å². The topological polar surface area (TPSA) is 56.0 Å². The summed E-state index contributed by atoms with van der Waals surface area (Å²) in [7, 11) is 0. The fourth-order valence-corrected chi connectivity index (χ4v) is 4.09. The van der Waals surface area contributed by atoms with Crippen molar-refractivity contribution < 1.29 is 4.92 Å². The van der Waals surface area contributed by atoms with E-state index in [1.54, 1.807) is 0 Å². The first-order valence-electron chi connectivity index (χ1n) is 8.91. The number of pyridine rings is 1. The SMILES string of the molecule is Cc1ccc(-c2nc(Sc3ccccc3)c3cc(C)ccc3c2[N+](=O)[O-])cc1. The summed E-state index contributed by atoms with van der Waals surface area (Å²) in [5.74, 6) is 0. The number of benzene rings is 3. The molecule has 3 aromatic carbocycles. The first-order chi connectivity index (χ1) is 13.5. The van der Waals surface area contributed by atoms with E-state index in [0.717, 1.165) is 32.0 Å². The lowest BCUT2D eigenvalue weighted by Gasteiger charge is -2.12. The van der Waals surface area contributed by atoms with E-state index in [1.165, 1.54) is 11.8 Å². The first kappa shape index (κ1) is 18.2. The molecule has 0 aliphatic heterocycles. The molecular formula is C23H18N2O2S. The maximum absolute atomic E-state index is 12.0. The standard InChI is InChI=1S/C23H18N2O2S/c1-15-8-11-17(12-9-15)21-22(25(26)27)19-13-10-16(2)14-20(19)23(24-21)28-18-6-4-3-5-7-18/h3-14H,1-2H3. The van der Waals surface area contributed by atoms with Crippen LogP contribution in [0.1, 0.15) is 11.1 Å². The summed E-state index contributed by atoms with van der Waals surface area (Å²) >= 11 is 1.52. The molecule has 4 aromatic rings. The van der Waals surface area contributed by atoms with E-state index < -0.39 is 0 Å². The van der Waals surface area contributed by atoms with Gasteiger partial charge in [-0.25, -0.2) is 4.98 Å². The smallest absolute Gasteiger partial charge is 0.258 e. The predicted octanol–water partition coefficient (Wildman–Crippen LogP) is 6.58. The largest absolute Gasteiger partial charge is 0.303 e. The minimum Gasteiger partial charge on any atom is -0.258 e. The third-order valence-electron chi connectivity index (χ3n) is 4.56. The summed E-state index contributed by atoms with van der Waals surface area (Å²) < 4.78 is 0. The second kappa shape index (κ2) is 7.44. The molecule has 0 aliphatic rings. The zero-order valence-corrected chi connectivity index (χ0v) is 16.4. The lowest BCUT2D eigenvalue weighted by molar-refractivity contribution is -0.382. The molecule has 0 saturated heterocycles. The molecule has 4 nitrogen and oxygen atoms in total. The number of nitrogens with zero attached hydrogens (tertiary/aromatic N) is 2. The molecule has 28 heavy (non-hydrogen) atoms. The van der Waals surface area contributed by atoms with Crippen molar-refractivity contribution in [1.29, 1.82) is 0 Å². The Balaban J connectivity index is 2.02. The highest BCUT2D eigenvalue weighted by Gasteiger charge is 2.24. The number of hydrogen-bond donors (Lipinski definition) is 0. The highest BCUT2D eigenvalue weighted by Crippen LogP contribution is 2.41. The van der Waals surface area contributed by atoms with Crippen molar-refractivity contribution >= 4 is 28.2 Å². The molecule has 0 saturated carbocycles. The van der Waals surface area contributed by atoms with Crippen molar-refractivity contribution in [2.24, 2.45) is 0 Å². The predicted molar refractivity (Wildman–Crippen MR) is 114 cm³/mol. The van der Waals surface area contributed by atoms with Gasteiger partial charge in [-0.2, -0.15) is 0 Å². The monoisotopic (exact) mass is 386 g/mol. The molecule has 0 aliphatic carbocycles. The van der Waals surface area contributed by atoms with E-state index in [2.05, 4.69) is 0 Å². The summed E-state index contributed by atoms with van der Waals surface area (Å²) in [5, 5.41) is 14.2. The minimum atomic E-state index is -0.323. The number of aryl methyl sites for hydroxylation is 2. The normalized spacial score (nSPS) is 10.9. The van der Waals surface area contributed by atoms with Gasteiger partial charge in [0.2, 0.25) is 0 Å². The van der Waals surface area contributed by atoms with E-state index in [4.69, 9.17) is 4.98 Å². The summed E-state index contributed by atoms with van der Waals surface area (Å²) in [4.78, 5) is 17.5. The van der Waals surface area contributed by atoms with Gasteiger partial charge in [0.25, 0.3) is 0 Å². The summed E-state index contributed by atoms with van der Waals surface area (Å²) in [6, 6.07) is 23.3. The second-order valence-corrected chi connectivity index (χ2v) is 7.76. The zero-order chi connectivity index (χ0) is 19.7. The molecule has 0 unspecified atom stereocenters. The van der Waals surface area contributed by atoms with Gasteiger partial charge in [0, 0.05) is 15.8 Å². The van der Waals surface area contributed by atoms with Crippen LogP contribution in [0, 0.1) is 24.0 Å². The Morgan fingerprint density at radius 2 is 1.54 bits per heavy atom. The van der Waals surface area contributed by atoms with E-state index in [9.17, 15) is 10.1 Å². The van der Waals surface area contributed by atoms with Gasteiger partial charge < -0.3 is 0 Å². The summed E-state index contributed by atoms with van der Waals surface area (Å²) in [6.07, 6.45) is 0. The molecule has 0 spiro atoms. The van der Waals surface area contributed by atoms with Gasteiger partial charge in [-0.05, 0) is 38.1 Å². The Bertz CT molecular complexity index is 1170. The maximum Gasteiger partial charge on any atom is 0.303 e. The Kier molecular flexibility index (Phi) is 4.84. The van der Waals surface area contributed by atoms with Gasteiger partial charge >= 0.3 is 5.69 Å². The van der Waals surface area contributed by atoms with Crippen LogP contribution >= 0.6 is 11.8 Å². The average molecular weight is 386 g/mol. The van der Waals surface area contributed by atoms with Crippen molar-refractivity contribution in [3.8, 4) is 11.3 Å². The maximum atomic E-state index is 12.0. The molecule has 1 heterocycles. The van der Waals surface area contributed by atoms with Crippen LogP contribution in [0.2, 0.25) is 0 Å². The molecule has 0 bridgehead atoms. The quantitative estimate of drug-likeness (QED) is 0.294. The second-order valence-electron chi connectivity index (χ2n) is 6.70. The van der Waals surface area contributed by atoms with Gasteiger partial charge in [-0.3, -0.25) is 10.1 Å². The Hall–Kier alpha value is -3.18. The van der Waals surface area contributed by atoms with Gasteiger partial charge in [0.05, 0.1) is 10.3 Å². The van der Waals surface area contributed by atoms with Crippen LogP contribution in [-0.2, 0) is 0 Å². The molecule has 0 radical (unpaired) electrons. The van der Waals surface area contributed by atoms with Crippen molar-refractivity contribution in [2.45, 2.75) is 23.8 Å². The summed E-state index contributed by atoms with van der Waals surface area (Å²) in [5.41, 5.74) is 3.34. The van der Waals surface area contributed by atoms with Gasteiger partial charge in [0.15, 0.2) is 0 Å².